The van der Waals surface area contributed by atoms with Gasteiger partial charge in [-0.25, -0.2) is 0 Å². The Hall–Kier alpha value is 0.880. The number of alkyl halides is 3. The van der Waals surface area contributed by atoms with Crippen molar-refractivity contribution in [3.05, 3.63) is 0 Å². The van der Waals surface area contributed by atoms with Crippen LogP contribution in [0.15, 0.2) is 4.99 Å². The first-order chi connectivity index (χ1) is 5.84. The summed E-state index contributed by atoms with van der Waals surface area (Å²) in [5, 5.41) is 0. The van der Waals surface area contributed by atoms with Crippen molar-refractivity contribution < 1.29 is 0 Å². The molecular weight excluding hydrogens is 303 g/mol. The minimum absolute atomic E-state index is 0. The highest BCUT2D eigenvalue weighted by Gasteiger charge is 2.24. The van der Waals surface area contributed by atoms with Crippen LogP contribution >= 0.6 is 59.6 Å². The SMILES string of the molecule is CN(C)CCCN=C(N)C(Cl)(Cl)Cl.Cl.Cl. The Morgan fingerprint density at radius 3 is 2.07 bits per heavy atom. The van der Waals surface area contributed by atoms with Crippen LogP contribution in [0.4, 0.5) is 0 Å². The van der Waals surface area contributed by atoms with Crippen molar-refractivity contribution in [3.8, 4) is 0 Å². The molecule has 2 N–H and O–H groups in total. The summed E-state index contributed by atoms with van der Waals surface area (Å²) in [6.07, 6.45) is 0.897. The van der Waals surface area contributed by atoms with Crippen molar-refractivity contribution in [2.75, 3.05) is 27.2 Å². The monoisotopic (exact) mass is 317 g/mol. The number of nitrogens with two attached hydrogens (primary N) is 1. The van der Waals surface area contributed by atoms with E-state index in [0.29, 0.717) is 6.54 Å². The summed E-state index contributed by atoms with van der Waals surface area (Å²) in [4.78, 5) is 6.00. The molecular formula is C7H16Cl5N3. The highest BCUT2D eigenvalue weighted by Crippen LogP contribution is 2.25. The number of hydrogen-bond donors (Lipinski definition) is 1. The van der Waals surface area contributed by atoms with E-state index in [1.165, 1.54) is 0 Å². The molecule has 0 aliphatic carbocycles. The van der Waals surface area contributed by atoms with Gasteiger partial charge in [-0.1, -0.05) is 34.8 Å². The zero-order chi connectivity index (χ0) is 10.5. The third kappa shape index (κ3) is 12.8. The molecule has 0 aromatic heterocycles. The van der Waals surface area contributed by atoms with Crippen molar-refractivity contribution in [2.24, 2.45) is 10.7 Å². The highest BCUT2D eigenvalue weighted by atomic mass is 35.6. The number of nitrogens with zero attached hydrogens (tertiary/aromatic N) is 2. The van der Waals surface area contributed by atoms with Gasteiger partial charge in [0.1, 0.15) is 5.84 Å². The smallest absolute Gasteiger partial charge is 0.247 e. The van der Waals surface area contributed by atoms with Gasteiger partial charge in [0.15, 0.2) is 0 Å². The van der Waals surface area contributed by atoms with Gasteiger partial charge in [0.2, 0.25) is 3.79 Å². The zero-order valence-electron chi connectivity index (χ0n) is 8.54. The number of rotatable bonds is 4. The van der Waals surface area contributed by atoms with Gasteiger partial charge in [-0.05, 0) is 27.1 Å². The molecule has 0 rings (SSSR count). The van der Waals surface area contributed by atoms with Gasteiger partial charge < -0.3 is 10.6 Å². The van der Waals surface area contributed by atoms with Crippen molar-refractivity contribution >= 4 is 65.5 Å². The third-order valence-corrected chi connectivity index (χ3v) is 1.92. The first kappa shape index (κ1) is 21.2. The topological polar surface area (TPSA) is 41.6 Å². The zero-order valence-corrected chi connectivity index (χ0v) is 12.4. The summed E-state index contributed by atoms with van der Waals surface area (Å²) in [5.74, 6) is 0.0521. The average molecular weight is 319 g/mol. The van der Waals surface area contributed by atoms with E-state index in [1.807, 2.05) is 14.1 Å². The molecule has 0 radical (unpaired) electrons. The Bertz CT molecular complexity index is 178. The predicted molar refractivity (Wildman–Crippen MR) is 74.4 cm³/mol. The molecule has 0 heterocycles. The molecule has 0 unspecified atom stereocenters. The van der Waals surface area contributed by atoms with E-state index in [9.17, 15) is 0 Å². The van der Waals surface area contributed by atoms with Gasteiger partial charge in [-0.15, -0.1) is 24.8 Å². The van der Waals surface area contributed by atoms with Crippen LogP contribution in [0.5, 0.6) is 0 Å². The summed E-state index contributed by atoms with van der Waals surface area (Å²) in [6.45, 7) is 1.52. The maximum absolute atomic E-state index is 5.49. The highest BCUT2D eigenvalue weighted by molar-refractivity contribution is 6.76. The number of hydrogen-bond acceptors (Lipinski definition) is 2. The molecule has 0 aromatic carbocycles. The van der Waals surface area contributed by atoms with E-state index in [1.54, 1.807) is 0 Å². The standard InChI is InChI=1S/C7H14Cl3N3.2ClH/c1-13(2)5-3-4-12-6(11)7(8,9)10;;/h3-5H2,1-2H3,(H2,11,12);2*1H. The van der Waals surface area contributed by atoms with Crippen molar-refractivity contribution in [1.82, 2.24) is 4.90 Å². The number of halogens is 5. The van der Waals surface area contributed by atoms with Gasteiger partial charge >= 0.3 is 0 Å². The van der Waals surface area contributed by atoms with E-state index < -0.39 is 3.79 Å². The fourth-order valence-corrected chi connectivity index (χ4v) is 0.855. The molecule has 3 nitrogen and oxygen atoms in total. The summed E-state index contributed by atoms with van der Waals surface area (Å²) in [7, 11) is 3.98. The van der Waals surface area contributed by atoms with Crippen LogP contribution in [-0.2, 0) is 0 Å². The molecule has 0 aliphatic rings. The van der Waals surface area contributed by atoms with E-state index >= 15 is 0 Å². The summed E-state index contributed by atoms with van der Waals surface area (Å²) < 4.78 is -1.57. The van der Waals surface area contributed by atoms with Crippen LogP contribution in [0.1, 0.15) is 6.42 Å². The van der Waals surface area contributed by atoms with Crippen molar-refractivity contribution in [2.45, 2.75) is 10.2 Å². The quantitative estimate of drug-likeness (QED) is 0.374. The molecule has 94 valence electrons. The Labute approximate surface area is 118 Å². The maximum atomic E-state index is 5.49. The van der Waals surface area contributed by atoms with Gasteiger partial charge in [0, 0.05) is 6.54 Å². The van der Waals surface area contributed by atoms with E-state index in [2.05, 4.69) is 9.89 Å². The van der Waals surface area contributed by atoms with E-state index in [4.69, 9.17) is 40.5 Å². The van der Waals surface area contributed by atoms with Crippen LogP contribution in [0.25, 0.3) is 0 Å². The van der Waals surface area contributed by atoms with E-state index in [-0.39, 0.29) is 30.6 Å². The van der Waals surface area contributed by atoms with Gasteiger partial charge in [-0.3, -0.25) is 4.99 Å². The molecule has 0 atom stereocenters. The Morgan fingerprint density at radius 2 is 1.73 bits per heavy atom. The Morgan fingerprint density at radius 1 is 1.27 bits per heavy atom. The first-order valence-corrected chi connectivity index (χ1v) is 4.99. The lowest BCUT2D eigenvalue weighted by molar-refractivity contribution is 0.403. The third-order valence-electron chi connectivity index (χ3n) is 1.34. The minimum atomic E-state index is -1.57. The van der Waals surface area contributed by atoms with Gasteiger partial charge in [-0.2, -0.15) is 0 Å². The minimum Gasteiger partial charge on any atom is -0.384 e. The average Bonchev–Trinajstić information content (AvgIpc) is 1.95. The Kier molecular flexibility index (Phi) is 14.2. The number of amidine groups is 1. The van der Waals surface area contributed by atoms with Crippen LogP contribution in [-0.4, -0.2) is 41.7 Å². The largest absolute Gasteiger partial charge is 0.384 e. The second-order valence-corrected chi connectivity index (χ2v) is 5.20. The Balaban J connectivity index is -0.000000720. The second kappa shape index (κ2) is 10.1. The maximum Gasteiger partial charge on any atom is 0.247 e. The van der Waals surface area contributed by atoms with Crippen LogP contribution < -0.4 is 5.73 Å². The molecule has 0 amide bonds. The van der Waals surface area contributed by atoms with E-state index in [0.717, 1.165) is 13.0 Å². The van der Waals surface area contributed by atoms with Crippen molar-refractivity contribution in [1.29, 1.82) is 0 Å². The summed E-state index contributed by atoms with van der Waals surface area (Å²) in [5.41, 5.74) is 5.41. The number of aliphatic imine (C=N–C) groups is 1. The lowest BCUT2D eigenvalue weighted by atomic mass is 10.4. The fourth-order valence-electron chi connectivity index (χ4n) is 0.676. The normalized spacial score (nSPS) is 12.0. The molecule has 15 heavy (non-hydrogen) atoms. The molecule has 0 bridgehead atoms. The fraction of sp³-hybridized carbons (Fsp3) is 0.857. The molecule has 8 heteroatoms. The molecule has 0 saturated carbocycles. The van der Waals surface area contributed by atoms with Crippen LogP contribution in [0.2, 0.25) is 0 Å². The van der Waals surface area contributed by atoms with Gasteiger partial charge in [0.25, 0.3) is 0 Å². The first-order valence-electron chi connectivity index (χ1n) is 3.86. The lowest BCUT2D eigenvalue weighted by Gasteiger charge is -2.10. The second-order valence-electron chi connectivity index (χ2n) is 2.92. The molecule has 0 aliphatic heterocycles. The summed E-state index contributed by atoms with van der Waals surface area (Å²) >= 11 is 16.5. The molecule has 0 saturated heterocycles. The van der Waals surface area contributed by atoms with Gasteiger partial charge in [0.05, 0.1) is 0 Å². The van der Waals surface area contributed by atoms with Crippen LogP contribution in [0, 0.1) is 0 Å². The molecule has 0 fully saturated rings. The molecule has 0 aromatic rings. The lowest BCUT2D eigenvalue weighted by Crippen LogP contribution is -2.28. The van der Waals surface area contributed by atoms with Crippen molar-refractivity contribution in [3.63, 3.8) is 0 Å². The molecule has 0 spiro atoms. The summed E-state index contributed by atoms with van der Waals surface area (Å²) in [6, 6.07) is 0. The van der Waals surface area contributed by atoms with Crippen LogP contribution in [0.3, 0.4) is 0 Å². The predicted octanol–water partition coefficient (Wildman–Crippen LogP) is 2.51.